The van der Waals surface area contributed by atoms with Crippen LogP contribution < -0.4 is 0 Å². The molecule has 146 valence electrons. The van der Waals surface area contributed by atoms with Crippen LogP contribution in [0.4, 0.5) is 0 Å². The molecular formula is C21H21NO5S. The number of nitrogens with zero attached hydrogens (tertiary/aromatic N) is 1. The lowest BCUT2D eigenvalue weighted by molar-refractivity contribution is -0.137. The Morgan fingerprint density at radius 3 is 2.50 bits per heavy atom. The summed E-state index contributed by atoms with van der Waals surface area (Å²) < 4.78 is 16.9. The van der Waals surface area contributed by atoms with Crippen molar-refractivity contribution in [3.05, 3.63) is 54.1 Å². The van der Waals surface area contributed by atoms with Gasteiger partial charge in [0.25, 0.3) is 11.8 Å². The first-order valence-corrected chi connectivity index (χ1v) is 10.6. The molecule has 0 saturated heterocycles. The van der Waals surface area contributed by atoms with Crippen molar-refractivity contribution in [2.24, 2.45) is 0 Å². The summed E-state index contributed by atoms with van der Waals surface area (Å²) in [6, 6.07) is 8.58. The van der Waals surface area contributed by atoms with Gasteiger partial charge in [-0.25, -0.2) is 4.79 Å². The number of carbonyl (C=O) groups excluding carboxylic acids is 3. The van der Waals surface area contributed by atoms with Gasteiger partial charge in [0, 0.05) is 40.3 Å². The van der Waals surface area contributed by atoms with Crippen molar-refractivity contribution >= 4 is 39.4 Å². The molecule has 2 aromatic carbocycles. The van der Waals surface area contributed by atoms with Crippen LogP contribution in [0.15, 0.2) is 47.9 Å². The van der Waals surface area contributed by atoms with Gasteiger partial charge in [-0.05, 0) is 42.8 Å². The maximum absolute atomic E-state index is 12.9. The van der Waals surface area contributed by atoms with Crippen molar-refractivity contribution in [3.63, 3.8) is 0 Å². The first-order valence-electron chi connectivity index (χ1n) is 9.00. The highest BCUT2D eigenvalue weighted by atomic mass is 32.2. The molecule has 7 heteroatoms. The van der Waals surface area contributed by atoms with E-state index in [1.165, 1.54) is 4.90 Å². The molecular weight excluding hydrogens is 378 g/mol. The van der Waals surface area contributed by atoms with Crippen LogP contribution in [0, 0.1) is 0 Å². The maximum atomic E-state index is 12.9. The average Bonchev–Trinajstić information content (AvgIpc) is 2.69. The fourth-order valence-corrected chi connectivity index (χ4v) is 4.09. The van der Waals surface area contributed by atoms with E-state index in [4.69, 9.17) is 4.74 Å². The second-order valence-electron chi connectivity index (χ2n) is 6.49. The van der Waals surface area contributed by atoms with Crippen molar-refractivity contribution in [1.82, 2.24) is 4.90 Å². The second kappa shape index (κ2) is 8.48. The number of esters is 1. The lowest BCUT2D eigenvalue weighted by Gasteiger charge is -2.27. The summed E-state index contributed by atoms with van der Waals surface area (Å²) in [4.78, 5) is 38.7. The zero-order chi connectivity index (χ0) is 20.3. The van der Waals surface area contributed by atoms with E-state index >= 15 is 0 Å². The molecule has 1 aliphatic heterocycles. The zero-order valence-electron chi connectivity index (χ0n) is 15.6. The minimum atomic E-state index is -1.22. The topological polar surface area (TPSA) is 80.8 Å². The summed E-state index contributed by atoms with van der Waals surface area (Å²) in [5, 5.41) is 1.26. The molecule has 6 nitrogen and oxygen atoms in total. The molecule has 3 rings (SSSR count). The number of hydrogen-bond acceptors (Lipinski definition) is 5. The van der Waals surface area contributed by atoms with Gasteiger partial charge in [-0.2, -0.15) is 0 Å². The molecule has 0 aromatic heterocycles. The number of amides is 2. The predicted molar refractivity (Wildman–Crippen MR) is 107 cm³/mol. The van der Waals surface area contributed by atoms with E-state index in [0.29, 0.717) is 52.6 Å². The standard InChI is InChI=1S/C21H21NO5S/c1-3-18(23)27-13-6-4-5-12-22-20(24)15-9-7-8-14-17(28(2)26)11-10-16(19(14)15)21(22)25/h3,7-11H,1,4-6,12-13H2,2H3. The third kappa shape index (κ3) is 3.75. The molecule has 0 radical (unpaired) electrons. The van der Waals surface area contributed by atoms with Gasteiger partial charge in [0.05, 0.1) is 17.4 Å². The average molecular weight is 399 g/mol. The normalized spacial score (nSPS) is 14.2. The Balaban J connectivity index is 1.75. The van der Waals surface area contributed by atoms with E-state index in [1.54, 1.807) is 36.6 Å². The van der Waals surface area contributed by atoms with Gasteiger partial charge in [0.2, 0.25) is 0 Å². The highest BCUT2D eigenvalue weighted by molar-refractivity contribution is 7.84. The molecule has 28 heavy (non-hydrogen) atoms. The minimum Gasteiger partial charge on any atom is -0.463 e. The lowest BCUT2D eigenvalue weighted by Crippen LogP contribution is -2.41. The van der Waals surface area contributed by atoms with Crippen LogP contribution in [0.5, 0.6) is 0 Å². The third-order valence-electron chi connectivity index (χ3n) is 4.70. The van der Waals surface area contributed by atoms with Crippen molar-refractivity contribution in [3.8, 4) is 0 Å². The monoisotopic (exact) mass is 399 g/mol. The first-order chi connectivity index (χ1) is 13.5. The summed E-state index contributed by atoms with van der Waals surface area (Å²) in [6.07, 6.45) is 4.67. The molecule has 0 N–H and O–H groups in total. The highest BCUT2D eigenvalue weighted by Crippen LogP contribution is 2.33. The molecule has 0 aliphatic carbocycles. The summed E-state index contributed by atoms with van der Waals surface area (Å²) in [7, 11) is -1.22. The number of rotatable bonds is 8. The molecule has 0 bridgehead atoms. The summed E-state index contributed by atoms with van der Waals surface area (Å²) in [6.45, 7) is 3.91. The van der Waals surface area contributed by atoms with Crippen LogP contribution >= 0.6 is 0 Å². The zero-order valence-corrected chi connectivity index (χ0v) is 16.4. The number of unbranched alkanes of at least 4 members (excludes halogenated alkanes) is 2. The van der Waals surface area contributed by atoms with Gasteiger partial charge in [0.15, 0.2) is 0 Å². The smallest absolute Gasteiger partial charge is 0.330 e. The Kier molecular flexibility index (Phi) is 6.04. The van der Waals surface area contributed by atoms with Gasteiger partial charge in [-0.15, -0.1) is 0 Å². The van der Waals surface area contributed by atoms with Crippen molar-refractivity contribution in [2.45, 2.75) is 24.2 Å². The summed E-state index contributed by atoms with van der Waals surface area (Å²) in [5.41, 5.74) is 0.915. The van der Waals surface area contributed by atoms with Crippen LogP contribution in [-0.4, -0.2) is 46.3 Å². The van der Waals surface area contributed by atoms with Gasteiger partial charge < -0.3 is 4.74 Å². The van der Waals surface area contributed by atoms with Gasteiger partial charge >= 0.3 is 5.97 Å². The Hall–Kier alpha value is -2.80. The van der Waals surface area contributed by atoms with Crippen LogP contribution in [0.25, 0.3) is 10.8 Å². The van der Waals surface area contributed by atoms with E-state index < -0.39 is 16.8 Å². The van der Waals surface area contributed by atoms with Crippen LogP contribution in [0.3, 0.4) is 0 Å². The van der Waals surface area contributed by atoms with Crippen LogP contribution in [0.1, 0.15) is 40.0 Å². The highest BCUT2D eigenvalue weighted by Gasteiger charge is 2.33. The number of hydrogen-bond donors (Lipinski definition) is 0. The molecule has 2 amide bonds. The SMILES string of the molecule is C=CC(=O)OCCCCCN1C(=O)c2cccc3c(S(C)=O)ccc(c23)C1=O. The fourth-order valence-electron chi connectivity index (χ4n) is 3.35. The largest absolute Gasteiger partial charge is 0.463 e. The lowest BCUT2D eigenvalue weighted by atomic mass is 9.94. The number of imide groups is 1. The number of carbonyl (C=O) groups is 3. The minimum absolute atomic E-state index is 0.284. The molecule has 0 spiro atoms. The van der Waals surface area contributed by atoms with E-state index in [1.807, 2.05) is 0 Å². The van der Waals surface area contributed by atoms with Gasteiger partial charge in [0.1, 0.15) is 0 Å². The molecule has 2 aromatic rings. The van der Waals surface area contributed by atoms with E-state index in [2.05, 4.69) is 6.58 Å². The molecule has 1 atom stereocenters. The number of ether oxygens (including phenoxy) is 1. The third-order valence-corrected chi connectivity index (χ3v) is 5.67. The Morgan fingerprint density at radius 2 is 1.82 bits per heavy atom. The fraction of sp³-hybridized carbons (Fsp3) is 0.286. The molecule has 0 fully saturated rings. The van der Waals surface area contributed by atoms with Crippen molar-refractivity contribution < 1.29 is 23.3 Å². The Labute approximate surface area is 165 Å². The van der Waals surface area contributed by atoms with E-state index in [-0.39, 0.29) is 18.4 Å². The quantitative estimate of drug-likeness (QED) is 0.295. The summed E-state index contributed by atoms with van der Waals surface area (Å²) >= 11 is 0. The van der Waals surface area contributed by atoms with Crippen molar-refractivity contribution in [1.29, 1.82) is 0 Å². The molecule has 1 aliphatic rings. The molecule has 1 unspecified atom stereocenters. The van der Waals surface area contributed by atoms with E-state index in [0.717, 1.165) is 6.08 Å². The maximum Gasteiger partial charge on any atom is 0.330 e. The van der Waals surface area contributed by atoms with Crippen LogP contribution in [0.2, 0.25) is 0 Å². The van der Waals surface area contributed by atoms with Crippen molar-refractivity contribution in [2.75, 3.05) is 19.4 Å². The predicted octanol–water partition coefficient (Wildman–Crippen LogP) is 3.07. The molecule has 1 heterocycles. The Morgan fingerprint density at radius 1 is 1.11 bits per heavy atom. The van der Waals surface area contributed by atoms with Gasteiger partial charge in [-0.3, -0.25) is 18.7 Å². The van der Waals surface area contributed by atoms with E-state index in [9.17, 15) is 18.6 Å². The van der Waals surface area contributed by atoms with Crippen LogP contribution in [-0.2, 0) is 20.3 Å². The second-order valence-corrected chi connectivity index (χ2v) is 7.84. The first kappa shape index (κ1) is 19.9. The Bertz CT molecular complexity index is 975. The van der Waals surface area contributed by atoms with Gasteiger partial charge in [-0.1, -0.05) is 18.7 Å². The molecule has 0 saturated carbocycles. The summed E-state index contributed by atoms with van der Waals surface area (Å²) in [5.74, 6) is -1.13. The number of benzene rings is 2.